The summed E-state index contributed by atoms with van der Waals surface area (Å²) >= 11 is 0. The first kappa shape index (κ1) is 59.8. The molecule has 1 N–H and O–H groups in total. The van der Waals surface area contributed by atoms with E-state index in [2.05, 4.69) is 26.0 Å². The minimum absolute atomic E-state index is 0.0103. The van der Waals surface area contributed by atoms with Crippen molar-refractivity contribution in [3.8, 4) is 0 Å². The Balaban J connectivity index is 4.13. The molecule has 0 aliphatic heterocycles. The van der Waals surface area contributed by atoms with E-state index >= 15 is 0 Å². The molecule has 0 aliphatic carbocycles. The van der Waals surface area contributed by atoms with Crippen molar-refractivity contribution < 1.29 is 37.6 Å². The van der Waals surface area contributed by atoms with Gasteiger partial charge in [-0.05, 0) is 52.6 Å². The SMILES string of the molecule is CCCCCCCC/C=C\CCCCCCCCCC(=O)OCC(COP(=O)(O)OCCN(C)C)OC(=O)CCCCCCCCCCCCCCCCCCCCCCC. The second-order valence-electron chi connectivity index (χ2n) is 18.1. The lowest BCUT2D eigenvalue weighted by molar-refractivity contribution is -0.161. The molecule has 10 heteroatoms. The fourth-order valence-corrected chi connectivity index (χ4v) is 8.31. The van der Waals surface area contributed by atoms with Crippen molar-refractivity contribution in [3.05, 3.63) is 12.2 Å². The number of nitrogens with zero attached hydrogens (tertiary/aromatic N) is 1. The van der Waals surface area contributed by atoms with Crippen molar-refractivity contribution >= 4 is 19.8 Å². The standard InChI is InChI=1S/C51H100NO8P/c1-5-7-9-11-13-15-17-19-21-23-24-25-26-28-30-32-34-36-38-40-42-44-51(54)60-49(48-59-61(55,56)58-46-45-52(3)4)47-57-50(53)43-41-39-37-35-33-31-29-27-22-20-18-16-14-12-10-8-6-2/h20,22,49H,5-19,21,23-48H2,1-4H3,(H,55,56)/b22-20-. The van der Waals surface area contributed by atoms with Gasteiger partial charge in [-0.1, -0.05) is 219 Å². The third-order valence-corrected chi connectivity index (χ3v) is 12.6. The van der Waals surface area contributed by atoms with Crippen LogP contribution in [0.3, 0.4) is 0 Å². The molecule has 362 valence electrons. The molecule has 9 nitrogen and oxygen atoms in total. The minimum atomic E-state index is -4.36. The van der Waals surface area contributed by atoms with Crippen LogP contribution in [0.4, 0.5) is 0 Å². The molecule has 2 atom stereocenters. The van der Waals surface area contributed by atoms with Crippen LogP contribution in [0.5, 0.6) is 0 Å². The summed E-state index contributed by atoms with van der Waals surface area (Å²) in [6.07, 6.45) is 49.8. The second-order valence-corrected chi connectivity index (χ2v) is 19.5. The number of hydrogen-bond acceptors (Lipinski definition) is 8. The normalized spacial score (nSPS) is 13.3. The van der Waals surface area contributed by atoms with Gasteiger partial charge < -0.3 is 19.3 Å². The number of allylic oxidation sites excluding steroid dienone is 2. The van der Waals surface area contributed by atoms with Crippen LogP contribution < -0.4 is 0 Å². The highest BCUT2D eigenvalue weighted by molar-refractivity contribution is 7.47. The van der Waals surface area contributed by atoms with Crippen LogP contribution in [0.1, 0.15) is 258 Å². The van der Waals surface area contributed by atoms with Gasteiger partial charge >= 0.3 is 19.8 Å². The maximum atomic E-state index is 12.7. The number of hydrogen-bond donors (Lipinski definition) is 1. The van der Waals surface area contributed by atoms with Crippen LogP contribution >= 0.6 is 7.82 Å². The smallest absolute Gasteiger partial charge is 0.462 e. The summed E-state index contributed by atoms with van der Waals surface area (Å²) in [6.45, 7) is 4.37. The van der Waals surface area contributed by atoms with Crippen molar-refractivity contribution in [3.63, 3.8) is 0 Å². The summed E-state index contributed by atoms with van der Waals surface area (Å²) in [5.41, 5.74) is 0. The molecule has 0 bridgehead atoms. The summed E-state index contributed by atoms with van der Waals surface area (Å²) in [6, 6.07) is 0. The highest BCUT2D eigenvalue weighted by Gasteiger charge is 2.26. The van der Waals surface area contributed by atoms with Crippen molar-refractivity contribution in [1.82, 2.24) is 4.90 Å². The molecule has 0 saturated heterocycles. The van der Waals surface area contributed by atoms with E-state index in [9.17, 15) is 19.0 Å². The first-order valence-electron chi connectivity index (χ1n) is 26.0. The molecule has 0 fully saturated rings. The molecule has 0 rings (SSSR count). The summed E-state index contributed by atoms with van der Waals surface area (Å²) in [5.74, 6) is -0.791. The lowest BCUT2D eigenvalue weighted by atomic mass is 10.0. The number of likely N-dealkylation sites (N-methyl/N-ethyl adjacent to an activating group) is 1. The van der Waals surface area contributed by atoms with Crippen LogP contribution in [0.2, 0.25) is 0 Å². The summed E-state index contributed by atoms with van der Waals surface area (Å²) < 4.78 is 33.6. The van der Waals surface area contributed by atoms with E-state index in [-0.39, 0.29) is 32.0 Å². The maximum absolute atomic E-state index is 12.7. The molecule has 0 aliphatic rings. The lowest BCUT2D eigenvalue weighted by Crippen LogP contribution is -2.29. The Kier molecular flexibility index (Phi) is 45.8. The van der Waals surface area contributed by atoms with Gasteiger partial charge in [-0.3, -0.25) is 18.6 Å². The molecule has 2 unspecified atom stereocenters. The van der Waals surface area contributed by atoms with Crippen LogP contribution in [0, 0.1) is 0 Å². The Labute approximate surface area is 377 Å². The van der Waals surface area contributed by atoms with Crippen LogP contribution in [0.25, 0.3) is 0 Å². The van der Waals surface area contributed by atoms with Gasteiger partial charge in [0.1, 0.15) is 6.61 Å². The van der Waals surface area contributed by atoms with E-state index in [0.29, 0.717) is 13.0 Å². The van der Waals surface area contributed by atoms with Crippen LogP contribution in [-0.2, 0) is 32.7 Å². The summed E-state index contributed by atoms with van der Waals surface area (Å²) in [7, 11) is -0.702. The highest BCUT2D eigenvalue weighted by Crippen LogP contribution is 2.43. The highest BCUT2D eigenvalue weighted by atomic mass is 31.2. The lowest BCUT2D eigenvalue weighted by Gasteiger charge is -2.20. The molecular weight excluding hydrogens is 786 g/mol. The number of esters is 2. The van der Waals surface area contributed by atoms with Crippen molar-refractivity contribution in [2.75, 3.05) is 40.5 Å². The number of phosphoric acid groups is 1. The van der Waals surface area contributed by atoms with E-state index in [1.807, 2.05) is 19.0 Å². The predicted octanol–water partition coefficient (Wildman–Crippen LogP) is 15.6. The van der Waals surface area contributed by atoms with E-state index in [1.165, 1.54) is 193 Å². The monoisotopic (exact) mass is 886 g/mol. The minimum Gasteiger partial charge on any atom is -0.462 e. The summed E-state index contributed by atoms with van der Waals surface area (Å²) in [4.78, 5) is 37.2. The fourth-order valence-electron chi connectivity index (χ4n) is 7.57. The van der Waals surface area contributed by atoms with Gasteiger partial charge in [0.2, 0.25) is 0 Å². The Morgan fingerprint density at radius 2 is 0.836 bits per heavy atom. The maximum Gasteiger partial charge on any atom is 0.472 e. The molecule has 0 aromatic carbocycles. The zero-order valence-electron chi connectivity index (χ0n) is 40.6. The molecule has 0 aromatic rings. The number of ether oxygens (including phenoxy) is 2. The van der Waals surface area contributed by atoms with E-state index < -0.39 is 26.5 Å². The largest absolute Gasteiger partial charge is 0.472 e. The average Bonchev–Trinajstić information content (AvgIpc) is 3.23. The predicted molar refractivity (Wildman–Crippen MR) is 257 cm³/mol. The van der Waals surface area contributed by atoms with Gasteiger partial charge in [-0.25, -0.2) is 4.57 Å². The van der Waals surface area contributed by atoms with E-state index in [0.717, 1.165) is 32.1 Å². The van der Waals surface area contributed by atoms with Gasteiger partial charge in [-0.15, -0.1) is 0 Å². The number of phosphoric ester groups is 1. The number of carbonyl (C=O) groups excluding carboxylic acids is 2. The molecule has 0 amide bonds. The molecule has 0 saturated carbocycles. The van der Waals surface area contributed by atoms with Crippen molar-refractivity contribution in [1.29, 1.82) is 0 Å². The van der Waals surface area contributed by atoms with Gasteiger partial charge in [0.05, 0.1) is 13.2 Å². The Morgan fingerprint density at radius 3 is 1.21 bits per heavy atom. The van der Waals surface area contributed by atoms with Crippen LogP contribution in [0.15, 0.2) is 12.2 Å². The zero-order valence-corrected chi connectivity index (χ0v) is 41.5. The number of rotatable bonds is 49. The van der Waals surface area contributed by atoms with Crippen LogP contribution in [-0.4, -0.2) is 68.3 Å². The zero-order chi connectivity index (χ0) is 44.8. The molecular formula is C51H100NO8P. The first-order chi connectivity index (χ1) is 29.7. The molecule has 0 heterocycles. The van der Waals surface area contributed by atoms with Gasteiger partial charge in [0.25, 0.3) is 0 Å². The molecule has 0 radical (unpaired) electrons. The van der Waals surface area contributed by atoms with Gasteiger partial charge in [-0.2, -0.15) is 0 Å². The summed E-state index contributed by atoms with van der Waals surface area (Å²) in [5, 5.41) is 0. The van der Waals surface area contributed by atoms with Gasteiger partial charge in [0, 0.05) is 19.4 Å². The number of carbonyl (C=O) groups is 2. The quantitative estimate of drug-likeness (QED) is 0.0276. The average molecular weight is 886 g/mol. The van der Waals surface area contributed by atoms with Gasteiger partial charge in [0.15, 0.2) is 6.10 Å². The Bertz CT molecular complexity index is 1020. The van der Waals surface area contributed by atoms with Crippen molar-refractivity contribution in [2.45, 2.75) is 264 Å². The molecule has 0 spiro atoms. The first-order valence-corrected chi connectivity index (χ1v) is 27.5. The van der Waals surface area contributed by atoms with Crippen molar-refractivity contribution in [2.24, 2.45) is 0 Å². The third-order valence-electron chi connectivity index (χ3n) is 11.6. The topological polar surface area (TPSA) is 112 Å². The third kappa shape index (κ3) is 48.1. The molecule has 0 aromatic heterocycles. The Hall–Kier alpha value is -1.25. The van der Waals surface area contributed by atoms with E-state index in [1.54, 1.807) is 0 Å². The van der Waals surface area contributed by atoms with E-state index in [4.69, 9.17) is 18.5 Å². The second kappa shape index (κ2) is 46.7. The fraction of sp³-hybridized carbons (Fsp3) is 0.922. The Morgan fingerprint density at radius 1 is 0.492 bits per heavy atom. The molecule has 61 heavy (non-hydrogen) atoms. The number of unbranched alkanes of at least 4 members (excludes halogenated alkanes) is 33.